The lowest BCUT2D eigenvalue weighted by Crippen LogP contribution is -2.40. The van der Waals surface area contributed by atoms with E-state index in [0.29, 0.717) is 6.04 Å². The largest absolute Gasteiger partial charge is 0.444 e. The third-order valence-corrected chi connectivity index (χ3v) is 2.44. The van der Waals surface area contributed by atoms with Crippen molar-refractivity contribution in [1.29, 1.82) is 0 Å². The Labute approximate surface area is 91.8 Å². The molecule has 0 bridgehead atoms. The van der Waals surface area contributed by atoms with Crippen molar-refractivity contribution >= 4 is 6.09 Å². The average molecular weight is 214 g/mol. The Morgan fingerprint density at radius 3 is 2.67 bits per heavy atom. The molecule has 2 atom stereocenters. The number of carbonyl (C=O) groups is 1. The minimum absolute atomic E-state index is 0.213. The molecule has 4 nitrogen and oxygen atoms in total. The first kappa shape index (κ1) is 12.3. The van der Waals surface area contributed by atoms with Crippen molar-refractivity contribution in [3.05, 3.63) is 0 Å². The number of hydrogen-bond donors (Lipinski definition) is 2. The first-order valence-corrected chi connectivity index (χ1v) is 5.63. The summed E-state index contributed by atoms with van der Waals surface area (Å²) in [6.45, 7) is 8.60. The molecule has 0 aromatic carbocycles. The van der Waals surface area contributed by atoms with Gasteiger partial charge in [0.25, 0.3) is 0 Å². The molecule has 1 aliphatic heterocycles. The van der Waals surface area contributed by atoms with Gasteiger partial charge in [-0.05, 0) is 33.6 Å². The Hall–Kier alpha value is -0.770. The molecule has 0 aromatic heterocycles. The fourth-order valence-electron chi connectivity index (χ4n) is 1.71. The van der Waals surface area contributed by atoms with E-state index in [1.165, 1.54) is 0 Å². The molecule has 1 fully saturated rings. The van der Waals surface area contributed by atoms with Crippen LogP contribution in [-0.2, 0) is 4.74 Å². The van der Waals surface area contributed by atoms with Crippen LogP contribution in [-0.4, -0.2) is 30.3 Å². The second-order valence-corrected chi connectivity index (χ2v) is 5.09. The molecule has 1 rings (SSSR count). The van der Waals surface area contributed by atoms with Gasteiger partial charge in [-0.15, -0.1) is 0 Å². The Kier molecular flexibility index (Phi) is 3.97. The molecule has 1 aliphatic rings. The van der Waals surface area contributed by atoms with E-state index in [1.807, 2.05) is 20.8 Å². The highest BCUT2D eigenvalue weighted by molar-refractivity contribution is 5.68. The molecule has 0 aliphatic carbocycles. The molecule has 1 amide bonds. The SMILES string of the molecule is CC[C@H]1C[C@H](NC(=O)OC(C)(C)C)CN1. The van der Waals surface area contributed by atoms with E-state index in [-0.39, 0.29) is 12.1 Å². The summed E-state index contributed by atoms with van der Waals surface area (Å²) in [5.41, 5.74) is -0.416. The Balaban J connectivity index is 2.28. The monoisotopic (exact) mass is 214 g/mol. The maximum atomic E-state index is 11.4. The minimum atomic E-state index is -0.416. The molecular formula is C11H22N2O2. The number of nitrogens with one attached hydrogen (secondary N) is 2. The molecule has 2 N–H and O–H groups in total. The lowest BCUT2D eigenvalue weighted by Gasteiger charge is -2.21. The second kappa shape index (κ2) is 4.84. The summed E-state index contributed by atoms with van der Waals surface area (Å²) >= 11 is 0. The number of ether oxygens (including phenoxy) is 1. The van der Waals surface area contributed by atoms with Gasteiger partial charge in [-0.1, -0.05) is 6.92 Å². The topological polar surface area (TPSA) is 50.4 Å². The summed E-state index contributed by atoms with van der Waals surface area (Å²) in [6, 6.07) is 0.745. The molecule has 1 saturated heterocycles. The zero-order valence-corrected chi connectivity index (χ0v) is 10.1. The van der Waals surface area contributed by atoms with E-state index in [2.05, 4.69) is 17.6 Å². The van der Waals surface area contributed by atoms with Gasteiger partial charge in [-0.25, -0.2) is 4.79 Å². The average Bonchev–Trinajstić information content (AvgIpc) is 2.48. The fourth-order valence-corrected chi connectivity index (χ4v) is 1.71. The number of rotatable bonds is 2. The van der Waals surface area contributed by atoms with Gasteiger partial charge in [0.05, 0.1) is 0 Å². The summed E-state index contributed by atoms with van der Waals surface area (Å²) in [5, 5.41) is 6.23. The van der Waals surface area contributed by atoms with Crippen molar-refractivity contribution in [3.63, 3.8) is 0 Å². The first-order chi connectivity index (χ1) is 6.90. The van der Waals surface area contributed by atoms with Gasteiger partial charge < -0.3 is 15.4 Å². The van der Waals surface area contributed by atoms with Gasteiger partial charge >= 0.3 is 6.09 Å². The van der Waals surface area contributed by atoms with Gasteiger partial charge in [0, 0.05) is 18.6 Å². The highest BCUT2D eigenvalue weighted by atomic mass is 16.6. The van der Waals surface area contributed by atoms with Crippen molar-refractivity contribution in [1.82, 2.24) is 10.6 Å². The van der Waals surface area contributed by atoms with Crippen LogP contribution in [0.2, 0.25) is 0 Å². The molecule has 15 heavy (non-hydrogen) atoms. The molecule has 88 valence electrons. The lowest BCUT2D eigenvalue weighted by molar-refractivity contribution is 0.0508. The van der Waals surface area contributed by atoms with E-state index >= 15 is 0 Å². The summed E-state index contributed by atoms with van der Waals surface area (Å²) in [5.74, 6) is 0. The van der Waals surface area contributed by atoms with Crippen LogP contribution >= 0.6 is 0 Å². The standard InChI is InChI=1S/C11H22N2O2/c1-5-8-6-9(7-12-8)13-10(14)15-11(2,3)4/h8-9,12H,5-7H2,1-4H3,(H,13,14)/t8-,9-/m0/s1. The van der Waals surface area contributed by atoms with E-state index in [9.17, 15) is 4.79 Å². The fraction of sp³-hybridized carbons (Fsp3) is 0.909. The van der Waals surface area contributed by atoms with Crippen LogP contribution in [0.3, 0.4) is 0 Å². The Morgan fingerprint density at radius 1 is 1.53 bits per heavy atom. The molecule has 0 saturated carbocycles. The number of amides is 1. The molecule has 0 radical (unpaired) electrons. The van der Waals surface area contributed by atoms with Crippen LogP contribution < -0.4 is 10.6 Å². The normalized spacial score (nSPS) is 26.4. The second-order valence-electron chi connectivity index (χ2n) is 5.09. The molecule has 0 aromatic rings. The van der Waals surface area contributed by atoms with Gasteiger partial charge in [0.2, 0.25) is 0 Å². The number of alkyl carbamates (subject to hydrolysis) is 1. The third kappa shape index (κ3) is 4.51. The highest BCUT2D eigenvalue weighted by Gasteiger charge is 2.25. The predicted molar refractivity (Wildman–Crippen MR) is 59.9 cm³/mol. The predicted octanol–water partition coefficient (Wildman–Crippen LogP) is 1.65. The highest BCUT2D eigenvalue weighted by Crippen LogP contribution is 2.11. The van der Waals surface area contributed by atoms with E-state index < -0.39 is 5.60 Å². The lowest BCUT2D eigenvalue weighted by atomic mass is 10.1. The molecule has 4 heteroatoms. The van der Waals surface area contributed by atoms with E-state index in [4.69, 9.17) is 4.74 Å². The first-order valence-electron chi connectivity index (χ1n) is 5.63. The maximum Gasteiger partial charge on any atom is 0.407 e. The Bertz CT molecular complexity index is 223. The Morgan fingerprint density at radius 2 is 2.20 bits per heavy atom. The van der Waals surface area contributed by atoms with Gasteiger partial charge in [-0.2, -0.15) is 0 Å². The van der Waals surface area contributed by atoms with Crippen molar-refractivity contribution in [2.45, 2.75) is 58.2 Å². The van der Waals surface area contributed by atoms with Crippen LogP contribution in [0.15, 0.2) is 0 Å². The summed E-state index contributed by atoms with van der Waals surface area (Å²) in [7, 11) is 0. The van der Waals surface area contributed by atoms with Crippen molar-refractivity contribution in [2.75, 3.05) is 6.54 Å². The maximum absolute atomic E-state index is 11.4. The summed E-state index contributed by atoms with van der Waals surface area (Å²) in [6.07, 6.45) is 1.79. The number of hydrogen-bond acceptors (Lipinski definition) is 3. The van der Waals surface area contributed by atoms with Crippen molar-refractivity contribution in [3.8, 4) is 0 Å². The van der Waals surface area contributed by atoms with E-state index in [1.54, 1.807) is 0 Å². The van der Waals surface area contributed by atoms with Crippen LogP contribution in [0.1, 0.15) is 40.5 Å². The van der Waals surface area contributed by atoms with E-state index in [0.717, 1.165) is 19.4 Å². The molecular weight excluding hydrogens is 192 g/mol. The zero-order chi connectivity index (χ0) is 11.5. The third-order valence-electron chi connectivity index (χ3n) is 2.44. The van der Waals surface area contributed by atoms with Crippen molar-refractivity contribution in [2.24, 2.45) is 0 Å². The number of carbonyl (C=O) groups excluding carboxylic acids is 1. The molecule has 0 spiro atoms. The van der Waals surface area contributed by atoms with Crippen LogP contribution in [0.4, 0.5) is 4.79 Å². The van der Waals surface area contributed by atoms with Crippen LogP contribution in [0.25, 0.3) is 0 Å². The van der Waals surface area contributed by atoms with Crippen LogP contribution in [0.5, 0.6) is 0 Å². The van der Waals surface area contributed by atoms with Gasteiger partial charge in [-0.3, -0.25) is 0 Å². The minimum Gasteiger partial charge on any atom is -0.444 e. The summed E-state index contributed by atoms with van der Waals surface area (Å²) < 4.78 is 5.19. The van der Waals surface area contributed by atoms with Gasteiger partial charge in [0.15, 0.2) is 0 Å². The quantitative estimate of drug-likeness (QED) is 0.735. The zero-order valence-electron chi connectivity index (χ0n) is 10.1. The summed E-state index contributed by atoms with van der Waals surface area (Å²) in [4.78, 5) is 11.4. The van der Waals surface area contributed by atoms with Crippen molar-refractivity contribution < 1.29 is 9.53 Å². The smallest absolute Gasteiger partial charge is 0.407 e. The van der Waals surface area contributed by atoms with Crippen LogP contribution in [0, 0.1) is 0 Å². The van der Waals surface area contributed by atoms with Gasteiger partial charge in [0.1, 0.15) is 5.60 Å². The molecule has 1 heterocycles. The molecule has 0 unspecified atom stereocenters.